The Kier molecular flexibility index (Phi) is 2.35. The maximum Gasteiger partial charge on any atom is 0.0408 e. The maximum atomic E-state index is 2.38. The maximum absolute atomic E-state index is 2.38. The largest absolute Gasteiger partial charge is 0.346 e. The summed E-state index contributed by atoms with van der Waals surface area (Å²) in [6, 6.07) is 10.6. The lowest BCUT2D eigenvalue weighted by Crippen LogP contribution is -2.24. The summed E-state index contributed by atoms with van der Waals surface area (Å²) < 4.78 is 0. The number of rotatable bonds is 1. The second kappa shape index (κ2) is 3.65. The van der Waals surface area contributed by atoms with Crippen LogP contribution in [0.25, 0.3) is 0 Å². The van der Waals surface area contributed by atoms with Crippen molar-refractivity contribution in [2.24, 2.45) is 0 Å². The Hall–Kier alpha value is -1.24. The Morgan fingerprint density at radius 3 is 2.62 bits per heavy atom. The standard InChI is InChI=1S/C12H15N/c1-11-7-5-6-10-13(11)12-8-3-2-4-9-12/h2-4,7-9H,5-6,10H2,1H3. The van der Waals surface area contributed by atoms with Gasteiger partial charge in [-0.25, -0.2) is 0 Å². The van der Waals surface area contributed by atoms with Crippen molar-refractivity contribution in [3.8, 4) is 0 Å². The molecule has 1 aromatic carbocycles. The van der Waals surface area contributed by atoms with Gasteiger partial charge in [0.1, 0.15) is 0 Å². The molecular formula is C12H15N. The summed E-state index contributed by atoms with van der Waals surface area (Å²) in [5, 5.41) is 0. The zero-order valence-electron chi connectivity index (χ0n) is 8.03. The number of anilines is 1. The second-order valence-corrected chi connectivity index (χ2v) is 3.47. The Balaban J connectivity index is 2.26. The molecule has 0 N–H and O–H groups in total. The predicted octanol–water partition coefficient (Wildman–Crippen LogP) is 3.19. The summed E-state index contributed by atoms with van der Waals surface area (Å²) in [6.07, 6.45) is 4.82. The molecular weight excluding hydrogens is 158 g/mol. The molecule has 0 saturated carbocycles. The molecule has 0 aliphatic carbocycles. The molecule has 68 valence electrons. The van der Waals surface area contributed by atoms with Crippen LogP contribution >= 0.6 is 0 Å². The zero-order valence-corrected chi connectivity index (χ0v) is 8.03. The van der Waals surface area contributed by atoms with Crippen molar-refractivity contribution in [1.82, 2.24) is 0 Å². The van der Waals surface area contributed by atoms with Gasteiger partial charge in [0.15, 0.2) is 0 Å². The lowest BCUT2D eigenvalue weighted by molar-refractivity contribution is 0.754. The van der Waals surface area contributed by atoms with Crippen LogP contribution in [-0.4, -0.2) is 6.54 Å². The molecule has 1 heterocycles. The van der Waals surface area contributed by atoms with Crippen molar-refractivity contribution in [3.63, 3.8) is 0 Å². The predicted molar refractivity (Wildman–Crippen MR) is 56.8 cm³/mol. The average molecular weight is 173 g/mol. The fourth-order valence-corrected chi connectivity index (χ4v) is 1.79. The Labute approximate surface area is 79.7 Å². The van der Waals surface area contributed by atoms with Crippen molar-refractivity contribution in [2.75, 3.05) is 11.4 Å². The first-order valence-corrected chi connectivity index (χ1v) is 4.87. The van der Waals surface area contributed by atoms with Gasteiger partial charge < -0.3 is 4.90 Å². The van der Waals surface area contributed by atoms with Crippen LogP contribution in [0.5, 0.6) is 0 Å². The molecule has 0 amide bonds. The van der Waals surface area contributed by atoms with Crippen LogP contribution in [0.4, 0.5) is 5.69 Å². The van der Waals surface area contributed by atoms with Crippen molar-refractivity contribution in [1.29, 1.82) is 0 Å². The SMILES string of the molecule is CC1=CCCCN1c1ccccc1. The summed E-state index contributed by atoms with van der Waals surface area (Å²) in [4.78, 5) is 2.38. The van der Waals surface area contributed by atoms with E-state index in [-0.39, 0.29) is 0 Å². The van der Waals surface area contributed by atoms with E-state index >= 15 is 0 Å². The minimum absolute atomic E-state index is 1.16. The summed E-state index contributed by atoms with van der Waals surface area (Å²) in [5.74, 6) is 0. The van der Waals surface area contributed by atoms with Gasteiger partial charge in [-0.05, 0) is 31.9 Å². The molecule has 0 atom stereocenters. The van der Waals surface area contributed by atoms with E-state index in [0.717, 1.165) is 6.54 Å². The first-order chi connectivity index (χ1) is 6.38. The van der Waals surface area contributed by atoms with Gasteiger partial charge in [-0.3, -0.25) is 0 Å². The van der Waals surface area contributed by atoms with Crippen LogP contribution in [0.3, 0.4) is 0 Å². The van der Waals surface area contributed by atoms with Crippen molar-refractivity contribution in [3.05, 3.63) is 42.1 Å². The van der Waals surface area contributed by atoms with Gasteiger partial charge in [-0.1, -0.05) is 24.3 Å². The molecule has 2 rings (SSSR count). The van der Waals surface area contributed by atoms with E-state index in [4.69, 9.17) is 0 Å². The molecule has 1 aliphatic rings. The minimum atomic E-state index is 1.16. The van der Waals surface area contributed by atoms with Gasteiger partial charge >= 0.3 is 0 Å². The van der Waals surface area contributed by atoms with Gasteiger partial charge in [-0.15, -0.1) is 0 Å². The minimum Gasteiger partial charge on any atom is -0.346 e. The summed E-state index contributed by atoms with van der Waals surface area (Å²) in [7, 11) is 0. The molecule has 0 spiro atoms. The molecule has 0 unspecified atom stereocenters. The smallest absolute Gasteiger partial charge is 0.0408 e. The van der Waals surface area contributed by atoms with Gasteiger partial charge in [0.2, 0.25) is 0 Å². The number of hydrogen-bond donors (Lipinski definition) is 0. The molecule has 0 bridgehead atoms. The number of para-hydroxylation sites is 1. The lowest BCUT2D eigenvalue weighted by atomic mass is 10.1. The first kappa shape index (κ1) is 8.36. The van der Waals surface area contributed by atoms with Crippen LogP contribution in [-0.2, 0) is 0 Å². The highest BCUT2D eigenvalue weighted by atomic mass is 15.1. The summed E-state index contributed by atoms with van der Waals surface area (Å²) >= 11 is 0. The Morgan fingerprint density at radius 2 is 1.92 bits per heavy atom. The van der Waals surface area contributed by atoms with Gasteiger partial charge in [0, 0.05) is 17.9 Å². The Morgan fingerprint density at radius 1 is 1.15 bits per heavy atom. The van der Waals surface area contributed by atoms with E-state index in [9.17, 15) is 0 Å². The van der Waals surface area contributed by atoms with Crippen LogP contribution < -0.4 is 4.90 Å². The van der Waals surface area contributed by atoms with Crippen molar-refractivity contribution >= 4 is 5.69 Å². The average Bonchev–Trinajstić information content (AvgIpc) is 2.20. The quantitative estimate of drug-likeness (QED) is 0.630. The molecule has 1 aliphatic heterocycles. The first-order valence-electron chi connectivity index (χ1n) is 4.87. The number of allylic oxidation sites excluding steroid dienone is 2. The van der Waals surface area contributed by atoms with Gasteiger partial charge in [-0.2, -0.15) is 0 Å². The van der Waals surface area contributed by atoms with Crippen molar-refractivity contribution < 1.29 is 0 Å². The Bertz CT molecular complexity index is 300. The molecule has 1 aromatic rings. The molecule has 0 saturated heterocycles. The topological polar surface area (TPSA) is 3.24 Å². The summed E-state index contributed by atoms with van der Waals surface area (Å²) in [5.41, 5.74) is 2.70. The highest BCUT2D eigenvalue weighted by molar-refractivity contribution is 5.51. The second-order valence-electron chi connectivity index (χ2n) is 3.47. The highest BCUT2D eigenvalue weighted by Crippen LogP contribution is 2.22. The number of hydrogen-bond acceptors (Lipinski definition) is 1. The third-order valence-electron chi connectivity index (χ3n) is 2.52. The highest BCUT2D eigenvalue weighted by Gasteiger charge is 2.10. The van der Waals surface area contributed by atoms with Gasteiger partial charge in [0.25, 0.3) is 0 Å². The monoisotopic (exact) mass is 173 g/mol. The van der Waals surface area contributed by atoms with E-state index in [1.165, 1.54) is 24.2 Å². The van der Waals surface area contributed by atoms with E-state index < -0.39 is 0 Å². The van der Waals surface area contributed by atoms with E-state index in [0.29, 0.717) is 0 Å². The normalized spacial score (nSPS) is 17.0. The lowest BCUT2D eigenvalue weighted by Gasteiger charge is -2.28. The zero-order chi connectivity index (χ0) is 9.10. The van der Waals surface area contributed by atoms with Crippen LogP contribution in [0, 0.1) is 0 Å². The summed E-state index contributed by atoms with van der Waals surface area (Å²) in [6.45, 7) is 3.35. The fraction of sp³-hybridized carbons (Fsp3) is 0.333. The molecule has 13 heavy (non-hydrogen) atoms. The van der Waals surface area contributed by atoms with Gasteiger partial charge in [0.05, 0.1) is 0 Å². The molecule has 0 aromatic heterocycles. The number of nitrogens with zero attached hydrogens (tertiary/aromatic N) is 1. The van der Waals surface area contributed by atoms with Crippen LogP contribution in [0.2, 0.25) is 0 Å². The van der Waals surface area contributed by atoms with Crippen LogP contribution in [0.1, 0.15) is 19.8 Å². The fourth-order valence-electron chi connectivity index (χ4n) is 1.79. The van der Waals surface area contributed by atoms with E-state index in [1.54, 1.807) is 0 Å². The van der Waals surface area contributed by atoms with Crippen LogP contribution in [0.15, 0.2) is 42.1 Å². The third-order valence-corrected chi connectivity index (χ3v) is 2.52. The van der Waals surface area contributed by atoms with E-state index in [2.05, 4.69) is 48.2 Å². The third kappa shape index (κ3) is 1.74. The molecule has 1 heteroatoms. The van der Waals surface area contributed by atoms with Crippen molar-refractivity contribution in [2.45, 2.75) is 19.8 Å². The number of benzene rings is 1. The van der Waals surface area contributed by atoms with E-state index in [1.807, 2.05) is 0 Å². The molecule has 1 nitrogen and oxygen atoms in total. The molecule has 0 fully saturated rings. The molecule has 0 radical (unpaired) electrons.